The fourth-order valence-corrected chi connectivity index (χ4v) is 8.04. The Morgan fingerprint density at radius 3 is 2.19 bits per heavy atom. The van der Waals surface area contributed by atoms with E-state index in [1.54, 1.807) is 6.92 Å². The van der Waals surface area contributed by atoms with E-state index in [9.17, 15) is 74.7 Å². The van der Waals surface area contributed by atoms with Gasteiger partial charge in [0.1, 0.15) is 36.9 Å². The lowest BCUT2D eigenvalue weighted by atomic mass is 9.96. The number of aliphatic hydroxyl groups excluding tert-OH is 8. The van der Waals surface area contributed by atoms with E-state index in [0.717, 1.165) is 4.90 Å². The van der Waals surface area contributed by atoms with Gasteiger partial charge in [-0.05, 0) is 43.9 Å². The van der Waals surface area contributed by atoms with E-state index in [4.69, 9.17) is 16.2 Å². The molecule has 0 aliphatic carbocycles. The molecule has 6 amide bonds. The average Bonchev–Trinajstić information content (AvgIpc) is 3.76. The molecule has 3 saturated heterocycles. The number of carbonyl (C=O) groups is 6. The summed E-state index contributed by atoms with van der Waals surface area (Å²) >= 11 is 0. The standard InChI is InChI=1S/C39H62N8O16/c1-16-12-46-17(2)30(27(55)10-29(41)56)43-37(60)32(26(54)6-19-4-5-25(53)28(7-19)63-15-22(52)14-48)45-36(59)24-9-21(51)13-47(24)39(62)31(18(3)49)44-35(58)23(40)8-20(50)11-42-38(61)33(46)34(16)57/h4-5,7,16-18,20-24,26-27,30-34,48-55,57H,6,8-15,40H2,1-3H3,(H2,41,56)(H,42,61)(H,43,60)(H,44,58)(H,45,59)/t16-,17?,18+,20+,21+,22-,23-,24-,26+,27+,30+,31-,32-,33-,34-/m0/s1. The summed E-state index contributed by atoms with van der Waals surface area (Å²) in [5, 5.41) is 106. The Morgan fingerprint density at radius 1 is 0.889 bits per heavy atom. The summed E-state index contributed by atoms with van der Waals surface area (Å²) in [5.41, 5.74) is 11.7. The number of hydrogen-bond donors (Lipinski definition) is 15. The molecule has 354 valence electrons. The molecule has 0 spiro atoms. The molecule has 15 atom stereocenters. The lowest BCUT2D eigenvalue weighted by molar-refractivity contribution is -0.145. The van der Waals surface area contributed by atoms with Crippen molar-refractivity contribution in [1.82, 2.24) is 31.1 Å². The molecule has 3 heterocycles. The maximum atomic E-state index is 14.5. The summed E-state index contributed by atoms with van der Waals surface area (Å²) in [7, 11) is 0. The zero-order chi connectivity index (χ0) is 47.0. The molecule has 3 aliphatic rings. The fraction of sp³-hybridized carbons (Fsp3) is 0.692. The zero-order valence-electron chi connectivity index (χ0n) is 35.2. The number of hydrogen-bond acceptors (Lipinski definition) is 18. The number of phenols is 1. The van der Waals surface area contributed by atoms with Gasteiger partial charge >= 0.3 is 0 Å². The summed E-state index contributed by atoms with van der Waals surface area (Å²) in [6.07, 6.45) is -12.7. The van der Waals surface area contributed by atoms with Crippen molar-refractivity contribution in [2.45, 2.75) is 131 Å². The second kappa shape index (κ2) is 22.2. The number of fused-ring (bicyclic) bond motifs is 2. The highest BCUT2D eigenvalue weighted by molar-refractivity contribution is 5.96. The monoisotopic (exact) mass is 898 g/mol. The summed E-state index contributed by atoms with van der Waals surface area (Å²) in [4.78, 5) is 84.0. The van der Waals surface area contributed by atoms with Crippen molar-refractivity contribution < 1.29 is 79.5 Å². The Kier molecular flexibility index (Phi) is 18.0. The number of benzene rings is 1. The Bertz CT molecular complexity index is 1790. The van der Waals surface area contributed by atoms with E-state index in [1.807, 2.05) is 0 Å². The highest BCUT2D eigenvalue weighted by Gasteiger charge is 2.49. The molecule has 3 fully saturated rings. The molecule has 0 bridgehead atoms. The van der Waals surface area contributed by atoms with Crippen LogP contribution in [0.1, 0.15) is 45.6 Å². The van der Waals surface area contributed by atoms with E-state index >= 15 is 0 Å². The third-order valence-electron chi connectivity index (χ3n) is 11.6. The smallest absolute Gasteiger partial charge is 0.248 e. The molecule has 0 saturated carbocycles. The fourth-order valence-electron chi connectivity index (χ4n) is 8.04. The topological polar surface area (TPSA) is 400 Å². The molecular weight excluding hydrogens is 836 g/mol. The van der Waals surface area contributed by atoms with Crippen LogP contribution < -0.4 is 37.5 Å². The van der Waals surface area contributed by atoms with Crippen LogP contribution in [0.2, 0.25) is 0 Å². The quantitative estimate of drug-likeness (QED) is 0.0981. The highest BCUT2D eigenvalue weighted by atomic mass is 16.5. The predicted octanol–water partition coefficient (Wildman–Crippen LogP) is -7.66. The number of amides is 6. The summed E-state index contributed by atoms with van der Waals surface area (Å²) < 4.78 is 5.39. The van der Waals surface area contributed by atoms with Crippen LogP contribution in [0, 0.1) is 5.92 Å². The van der Waals surface area contributed by atoms with Gasteiger partial charge < -0.3 is 88.3 Å². The number of primary amides is 1. The zero-order valence-corrected chi connectivity index (χ0v) is 35.2. The number of nitrogens with zero attached hydrogens (tertiary/aromatic N) is 2. The van der Waals surface area contributed by atoms with Gasteiger partial charge in [-0.2, -0.15) is 0 Å². The van der Waals surface area contributed by atoms with Crippen molar-refractivity contribution in [3.05, 3.63) is 23.8 Å². The molecule has 4 rings (SSSR count). The van der Waals surface area contributed by atoms with Crippen molar-refractivity contribution in [2.75, 3.05) is 32.8 Å². The summed E-state index contributed by atoms with van der Waals surface area (Å²) in [5.74, 6) is -7.23. The number of phenolic OH excluding ortho intramolecular Hbond substituents is 1. The number of nitrogens with one attached hydrogen (secondary N) is 4. The molecule has 1 unspecified atom stereocenters. The molecule has 0 radical (unpaired) electrons. The van der Waals surface area contributed by atoms with E-state index < -0.39 is 178 Å². The number of β-amino-alcohol motifs (C(OH)–C–C–N with tert-alkyl or cyclic N) is 1. The second-order valence-electron chi connectivity index (χ2n) is 16.7. The molecule has 17 N–H and O–H groups in total. The van der Waals surface area contributed by atoms with Gasteiger partial charge in [-0.1, -0.05) is 13.0 Å². The van der Waals surface area contributed by atoms with E-state index in [-0.39, 0.29) is 23.6 Å². The lowest BCUT2D eigenvalue weighted by Gasteiger charge is -2.39. The van der Waals surface area contributed by atoms with Crippen molar-refractivity contribution in [3.63, 3.8) is 0 Å². The number of carbonyl (C=O) groups excluding carboxylic acids is 6. The largest absolute Gasteiger partial charge is 0.504 e. The first kappa shape index (κ1) is 50.9. The van der Waals surface area contributed by atoms with E-state index in [0.29, 0.717) is 0 Å². The average molecular weight is 899 g/mol. The summed E-state index contributed by atoms with van der Waals surface area (Å²) in [6, 6.07) is -6.97. The minimum Gasteiger partial charge on any atom is -0.504 e. The Labute approximate surface area is 362 Å². The third kappa shape index (κ3) is 12.9. The molecular formula is C39H62N8O16. The van der Waals surface area contributed by atoms with Crippen molar-refractivity contribution in [1.29, 1.82) is 0 Å². The van der Waals surface area contributed by atoms with Crippen LogP contribution in [-0.4, -0.2) is 209 Å². The van der Waals surface area contributed by atoms with Gasteiger partial charge in [0.2, 0.25) is 35.4 Å². The third-order valence-corrected chi connectivity index (χ3v) is 11.6. The number of nitrogens with two attached hydrogens (primary N) is 2. The number of aliphatic hydroxyl groups is 8. The Morgan fingerprint density at radius 2 is 1.56 bits per heavy atom. The molecule has 1 aromatic rings. The van der Waals surface area contributed by atoms with Gasteiger partial charge in [0.05, 0.1) is 61.7 Å². The van der Waals surface area contributed by atoms with Crippen LogP contribution in [-0.2, 0) is 35.2 Å². The minimum atomic E-state index is -1.97. The van der Waals surface area contributed by atoms with Gasteiger partial charge in [-0.3, -0.25) is 33.7 Å². The van der Waals surface area contributed by atoms with Crippen molar-refractivity contribution in [2.24, 2.45) is 17.4 Å². The lowest BCUT2D eigenvalue weighted by Crippen LogP contribution is -2.65. The normalized spacial score (nSPS) is 32.7. The van der Waals surface area contributed by atoms with Crippen LogP contribution in [0.3, 0.4) is 0 Å². The number of rotatable bonds is 11. The van der Waals surface area contributed by atoms with Crippen LogP contribution >= 0.6 is 0 Å². The van der Waals surface area contributed by atoms with Gasteiger partial charge in [-0.25, -0.2) is 0 Å². The molecule has 24 nitrogen and oxygen atoms in total. The van der Waals surface area contributed by atoms with Crippen molar-refractivity contribution in [3.8, 4) is 11.5 Å². The van der Waals surface area contributed by atoms with Crippen LogP contribution in [0.25, 0.3) is 0 Å². The first-order valence-electron chi connectivity index (χ1n) is 20.6. The van der Waals surface area contributed by atoms with Gasteiger partial charge in [0, 0.05) is 38.5 Å². The Balaban J connectivity index is 1.81. The van der Waals surface area contributed by atoms with Gasteiger partial charge in [0.25, 0.3) is 0 Å². The maximum Gasteiger partial charge on any atom is 0.248 e. The number of aromatic hydroxyl groups is 1. The first-order valence-corrected chi connectivity index (χ1v) is 20.6. The SMILES string of the molecule is CC1[C@H]([C@H](O)CC(N)=O)NC(=O)[C@H]([C@H](O)Cc2ccc(O)c(OC[C@@H](O)CO)c2)NC(=O)[C@@H]2C[C@@H](O)CN2C(=O)[C@H]([C@@H](C)O)NC(=O)[C@@H](N)C[C@@H](O)CNC(=O)[C@@H]2[C@@H](O)[C@@H](C)CN12. The molecule has 24 heteroatoms. The second-order valence-corrected chi connectivity index (χ2v) is 16.7. The van der Waals surface area contributed by atoms with Gasteiger partial charge in [0.15, 0.2) is 11.5 Å². The summed E-state index contributed by atoms with van der Waals surface area (Å²) in [6.45, 7) is 2.25. The first-order chi connectivity index (χ1) is 29.5. The van der Waals surface area contributed by atoms with E-state index in [1.165, 1.54) is 36.9 Å². The molecule has 0 aromatic heterocycles. The molecule has 3 aliphatic heterocycles. The van der Waals surface area contributed by atoms with E-state index in [2.05, 4.69) is 21.3 Å². The van der Waals surface area contributed by atoms with Crippen LogP contribution in [0.4, 0.5) is 0 Å². The predicted molar refractivity (Wildman–Crippen MR) is 217 cm³/mol. The minimum absolute atomic E-state index is 0.00533. The Hall–Kier alpha value is -4.76. The highest BCUT2D eigenvalue weighted by Crippen LogP contribution is 2.30. The van der Waals surface area contributed by atoms with Crippen LogP contribution in [0.5, 0.6) is 11.5 Å². The molecule has 1 aromatic carbocycles. The molecule has 63 heavy (non-hydrogen) atoms. The number of ether oxygens (including phenoxy) is 1. The van der Waals surface area contributed by atoms with Crippen molar-refractivity contribution >= 4 is 35.4 Å². The van der Waals surface area contributed by atoms with Gasteiger partial charge in [-0.15, -0.1) is 0 Å². The maximum absolute atomic E-state index is 14.5. The van der Waals surface area contributed by atoms with Crippen LogP contribution in [0.15, 0.2) is 18.2 Å².